The topological polar surface area (TPSA) is 61.8 Å². The van der Waals surface area contributed by atoms with Gasteiger partial charge in [-0.2, -0.15) is 0 Å². The molecular weight excluding hydrogens is 343 g/mol. The molecule has 0 saturated carbocycles. The van der Waals surface area contributed by atoms with Crippen LogP contribution < -0.4 is 0 Å². The molecule has 1 aliphatic heterocycles. The SMILES string of the molecule is CC(=O)OC1(OC(C)=O)C[CH2][Sn]([CH3])([CH3])[O]C1(C)C. The summed E-state index contributed by atoms with van der Waals surface area (Å²) in [6.45, 7) is 6.25. The van der Waals surface area contributed by atoms with Gasteiger partial charge in [-0.1, -0.05) is 0 Å². The number of carbonyl (C=O) groups is 2. The quantitative estimate of drug-likeness (QED) is 0.427. The molecule has 18 heavy (non-hydrogen) atoms. The fourth-order valence-electron chi connectivity index (χ4n) is 2.42. The zero-order valence-corrected chi connectivity index (χ0v) is 14.8. The molecule has 0 atom stereocenters. The Morgan fingerprint density at radius 1 is 1.11 bits per heavy atom. The van der Waals surface area contributed by atoms with Gasteiger partial charge >= 0.3 is 113 Å². The molecule has 0 aromatic carbocycles. The van der Waals surface area contributed by atoms with Gasteiger partial charge in [0.25, 0.3) is 0 Å². The Morgan fingerprint density at radius 2 is 1.56 bits per heavy atom. The van der Waals surface area contributed by atoms with Gasteiger partial charge in [0, 0.05) is 0 Å². The fourth-order valence-corrected chi connectivity index (χ4v) is 9.75. The Labute approximate surface area is 113 Å². The van der Waals surface area contributed by atoms with Crippen molar-refractivity contribution in [2.75, 3.05) is 0 Å². The Kier molecular flexibility index (Phi) is 4.37. The molecule has 0 aliphatic carbocycles. The second-order valence-corrected chi connectivity index (χ2v) is 17.9. The van der Waals surface area contributed by atoms with Gasteiger partial charge in [-0.3, -0.25) is 0 Å². The molecule has 0 aromatic heterocycles. The van der Waals surface area contributed by atoms with Crippen molar-refractivity contribution < 1.29 is 22.1 Å². The molecule has 1 heterocycles. The van der Waals surface area contributed by atoms with Crippen LogP contribution in [0.1, 0.15) is 34.1 Å². The van der Waals surface area contributed by atoms with E-state index < -0.39 is 42.1 Å². The third-order valence-corrected chi connectivity index (χ3v) is 10.3. The Balaban J connectivity index is 3.09. The van der Waals surface area contributed by atoms with Crippen LogP contribution in [-0.4, -0.2) is 42.1 Å². The van der Waals surface area contributed by atoms with E-state index in [1.54, 1.807) is 0 Å². The summed E-state index contributed by atoms with van der Waals surface area (Å²) >= 11 is -2.55. The normalized spacial score (nSPS) is 24.1. The van der Waals surface area contributed by atoms with E-state index in [4.69, 9.17) is 12.5 Å². The molecule has 0 radical (unpaired) electrons. The van der Waals surface area contributed by atoms with E-state index in [2.05, 4.69) is 9.88 Å². The standard InChI is InChI=1S/C10H16O5.2CH3.Sn/c1-6-10(9(4,5)13,14-7(2)11)15-8(3)12;;;/h1,6H2,2-5H3;2*1H3;/q-1;;;+1. The molecule has 104 valence electrons. The molecule has 0 N–H and O–H groups in total. The summed E-state index contributed by atoms with van der Waals surface area (Å²) in [5.74, 6) is -2.23. The minimum absolute atomic E-state index is 0.470. The predicted octanol–water partition coefficient (Wildman–Crippen LogP) is 2.21. The van der Waals surface area contributed by atoms with Crippen molar-refractivity contribution in [3.8, 4) is 0 Å². The van der Waals surface area contributed by atoms with Crippen molar-refractivity contribution in [2.45, 2.75) is 59.8 Å². The Hall–Kier alpha value is -0.301. The summed E-state index contributed by atoms with van der Waals surface area (Å²) in [7, 11) is 0. The number of rotatable bonds is 2. The summed E-state index contributed by atoms with van der Waals surface area (Å²) in [4.78, 5) is 26.9. The van der Waals surface area contributed by atoms with Crippen LogP contribution in [0.2, 0.25) is 14.3 Å². The van der Waals surface area contributed by atoms with Gasteiger partial charge < -0.3 is 0 Å². The molecule has 1 saturated heterocycles. The van der Waals surface area contributed by atoms with E-state index >= 15 is 0 Å². The summed E-state index contributed by atoms with van der Waals surface area (Å²) in [6, 6.07) is 0. The number of esters is 2. The second kappa shape index (κ2) is 5.00. The molecular formula is C12H22O5Sn. The fraction of sp³-hybridized carbons (Fsp3) is 0.833. The van der Waals surface area contributed by atoms with Crippen LogP contribution in [0, 0.1) is 0 Å². The zero-order valence-electron chi connectivity index (χ0n) is 12.0. The van der Waals surface area contributed by atoms with Gasteiger partial charge in [0.2, 0.25) is 0 Å². The first-order valence-corrected chi connectivity index (χ1v) is 15.0. The molecule has 0 bridgehead atoms. The molecule has 0 unspecified atom stereocenters. The molecule has 1 rings (SSSR count). The van der Waals surface area contributed by atoms with E-state index in [1.165, 1.54) is 13.8 Å². The number of ether oxygens (including phenoxy) is 2. The number of hydrogen-bond acceptors (Lipinski definition) is 5. The predicted molar refractivity (Wildman–Crippen MR) is 68.3 cm³/mol. The molecule has 5 nitrogen and oxygen atoms in total. The van der Waals surface area contributed by atoms with Gasteiger partial charge in [-0.05, 0) is 0 Å². The minimum atomic E-state index is -2.55. The van der Waals surface area contributed by atoms with Gasteiger partial charge in [0.15, 0.2) is 0 Å². The molecule has 6 heteroatoms. The molecule has 1 aliphatic rings. The van der Waals surface area contributed by atoms with Gasteiger partial charge in [-0.15, -0.1) is 0 Å². The van der Waals surface area contributed by atoms with Crippen LogP contribution in [0.5, 0.6) is 0 Å². The van der Waals surface area contributed by atoms with Crippen LogP contribution >= 0.6 is 0 Å². The van der Waals surface area contributed by atoms with Crippen LogP contribution in [-0.2, 0) is 22.1 Å². The number of carbonyl (C=O) groups excluding carboxylic acids is 2. The van der Waals surface area contributed by atoms with E-state index in [-0.39, 0.29) is 0 Å². The van der Waals surface area contributed by atoms with Gasteiger partial charge in [-0.25, -0.2) is 0 Å². The third kappa shape index (κ3) is 3.38. The van der Waals surface area contributed by atoms with Crippen LogP contribution in [0.4, 0.5) is 0 Å². The molecule has 0 amide bonds. The molecule has 0 spiro atoms. The summed E-state index contributed by atoms with van der Waals surface area (Å²) in [5, 5.41) is 0. The first-order chi connectivity index (χ1) is 8.00. The molecule has 1 fully saturated rings. The summed E-state index contributed by atoms with van der Waals surface area (Å²) < 4.78 is 17.6. The van der Waals surface area contributed by atoms with Crippen molar-refractivity contribution in [3.63, 3.8) is 0 Å². The zero-order chi connectivity index (χ0) is 14.2. The third-order valence-electron chi connectivity index (χ3n) is 3.12. The number of hydrogen-bond donors (Lipinski definition) is 0. The van der Waals surface area contributed by atoms with Crippen LogP contribution in [0.15, 0.2) is 0 Å². The van der Waals surface area contributed by atoms with Gasteiger partial charge in [0.05, 0.1) is 0 Å². The summed E-state index contributed by atoms with van der Waals surface area (Å²) in [5.41, 5.74) is -0.803. The van der Waals surface area contributed by atoms with Crippen LogP contribution in [0.3, 0.4) is 0 Å². The van der Waals surface area contributed by atoms with E-state index in [1.807, 2.05) is 13.8 Å². The van der Waals surface area contributed by atoms with Gasteiger partial charge in [0.1, 0.15) is 0 Å². The second-order valence-electron chi connectivity index (χ2n) is 5.81. The first kappa shape index (κ1) is 15.8. The van der Waals surface area contributed by atoms with Crippen molar-refractivity contribution in [1.82, 2.24) is 0 Å². The van der Waals surface area contributed by atoms with Crippen molar-refractivity contribution >= 4 is 30.7 Å². The van der Waals surface area contributed by atoms with Crippen molar-refractivity contribution in [2.24, 2.45) is 0 Å². The maximum atomic E-state index is 11.3. The Bertz CT molecular complexity index is 345. The monoisotopic (exact) mass is 366 g/mol. The van der Waals surface area contributed by atoms with E-state index in [0.29, 0.717) is 6.42 Å². The maximum absolute atomic E-state index is 11.3. The Morgan fingerprint density at radius 3 is 1.89 bits per heavy atom. The van der Waals surface area contributed by atoms with Crippen molar-refractivity contribution in [1.29, 1.82) is 0 Å². The molecule has 0 aromatic rings. The van der Waals surface area contributed by atoms with E-state index in [0.717, 1.165) is 4.44 Å². The van der Waals surface area contributed by atoms with Crippen LogP contribution in [0.25, 0.3) is 0 Å². The summed E-state index contributed by atoms with van der Waals surface area (Å²) in [6.07, 6.45) is 0.516. The average molecular weight is 365 g/mol. The van der Waals surface area contributed by atoms with E-state index in [9.17, 15) is 9.59 Å². The first-order valence-electron chi connectivity index (χ1n) is 6.09. The van der Waals surface area contributed by atoms with Crippen molar-refractivity contribution in [3.05, 3.63) is 0 Å². The average Bonchev–Trinajstić information content (AvgIpc) is 2.08.